The molecular weight excluding hydrogens is 274 g/mol. The van der Waals surface area contributed by atoms with E-state index in [4.69, 9.17) is 17.3 Å². The zero-order valence-electron chi connectivity index (χ0n) is 11.6. The number of carbonyl (C=O) groups excluding carboxylic acids is 1. The van der Waals surface area contributed by atoms with Crippen LogP contribution in [0.25, 0.3) is 0 Å². The number of rotatable bonds is 5. The van der Waals surface area contributed by atoms with Gasteiger partial charge in [0.1, 0.15) is 0 Å². The fourth-order valence-corrected chi connectivity index (χ4v) is 2.58. The van der Waals surface area contributed by atoms with Crippen LogP contribution >= 0.6 is 11.6 Å². The van der Waals surface area contributed by atoms with Crippen LogP contribution in [0.2, 0.25) is 5.02 Å². The van der Waals surface area contributed by atoms with Crippen molar-refractivity contribution in [1.29, 1.82) is 0 Å². The predicted octanol–water partition coefficient (Wildman–Crippen LogP) is 2.48. The molecular formula is C15H22ClN3O. The third-order valence-corrected chi connectivity index (χ3v) is 3.88. The molecule has 110 valence electrons. The fourth-order valence-electron chi connectivity index (χ4n) is 2.46. The summed E-state index contributed by atoms with van der Waals surface area (Å²) in [6, 6.07) is 7.41. The molecule has 1 fully saturated rings. The summed E-state index contributed by atoms with van der Waals surface area (Å²) in [5.74, 6) is 0.196. The highest BCUT2D eigenvalue weighted by Crippen LogP contribution is 2.16. The maximum absolute atomic E-state index is 12.2. The molecule has 0 aliphatic carbocycles. The highest BCUT2D eigenvalue weighted by atomic mass is 35.5. The van der Waals surface area contributed by atoms with E-state index in [1.165, 1.54) is 6.42 Å². The molecule has 0 bridgehead atoms. The van der Waals surface area contributed by atoms with Crippen molar-refractivity contribution in [3.63, 3.8) is 0 Å². The zero-order valence-corrected chi connectivity index (χ0v) is 12.4. The summed E-state index contributed by atoms with van der Waals surface area (Å²) in [6.07, 6.45) is 3.90. The maximum Gasteiger partial charge on any atom is 0.224 e. The third-order valence-electron chi connectivity index (χ3n) is 3.63. The summed E-state index contributed by atoms with van der Waals surface area (Å²) in [4.78, 5) is 14.2. The Kier molecular flexibility index (Phi) is 5.68. The van der Waals surface area contributed by atoms with Gasteiger partial charge < -0.3 is 16.0 Å². The van der Waals surface area contributed by atoms with Crippen LogP contribution in [0.3, 0.4) is 0 Å². The number of nitrogens with one attached hydrogen (secondary N) is 1. The van der Waals surface area contributed by atoms with Crippen molar-refractivity contribution in [1.82, 2.24) is 4.90 Å². The van der Waals surface area contributed by atoms with Gasteiger partial charge in [0.25, 0.3) is 0 Å². The Labute approximate surface area is 125 Å². The average Bonchev–Trinajstić information content (AvgIpc) is 2.49. The van der Waals surface area contributed by atoms with E-state index < -0.39 is 0 Å². The van der Waals surface area contributed by atoms with Gasteiger partial charge in [-0.1, -0.05) is 11.6 Å². The van der Waals surface area contributed by atoms with E-state index in [9.17, 15) is 4.79 Å². The molecule has 4 nitrogen and oxygen atoms in total. The molecule has 2 rings (SSSR count). The normalized spacial score (nSPS) is 16.8. The number of nitrogens with zero attached hydrogens (tertiary/aromatic N) is 1. The van der Waals surface area contributed by atoms with Crippen molar-refractivity contribution >= 4 is 23.2 Å². The highest BCUT2D eigenvalue weighted by molar-refractivity contribution is 6.30. The number of hydrogen-bond acceptors (Lipinski definition) is 3. The van der Waals surface area contributed by atoms with Gasteiger partial charge in [-0.25, -0.2) is 0 Å². The molecule has 3 N–H and O–H groups in total. The van der Waals surface area contributed by atoms with Gasteiger partial charge in [-0.15, -0.1) is 0 Å². The lowest BCUT2D eigenvalue weighted by molar-refractivity contribution is -0.132. The first kappa shape index (κ1) is 15.1. The average molecular weight is 296 g/mol. The second-order valence-corrected chi connectivity index (χ2v) is 5.67. The number of amides is 1. The molecule has 0 saturated carbocycles. The Morgan fingerprint density at radius 1 is 1.25 bits per heavy atom. The van der Waals surface area contributed by atoms with Crippen LogP contribution in [-0.2, 0) is 4.79 Å². The second kappa shape index (κ2) is 7.50. The number of nitrogens with two attached hydrogens (primary N) is 1. The lowest BCUT2D eigenvalue weighted by Gasteiger charge is -2.28. The largest absolute Gasteiger partial charge is 0.381 e. The van der Waals surface area contributed by atoms with Crippen LogP contribution in [0, 0.1) is 0 Å². The number of likely N-dealkylation sites (tertiary alicyclic amines) is 1. The third kappa shape index (κ3) is 4.39. The van der Waals surface area contributed by atoms with Crippen molar-refractivity contribution in [2.24, 2.45) is 5.73 Å². The molecule has 0 spiro atoms. The molecule has 1 aromatic rings. The molecule has 1 amide bonds. The smallest absolute Gasteiger partial charge is 0.224 e. The zero-order chi connectivity index (χ0) is 14.4. The van der Waals surface area contributed by atoms with E-state index in [-0.39, 0.29) is 11.9 Å². The first-order valence-electron chi connectivity index (χ1n) is 7.19. The van der Waals surface area contributed by atoms with Crippen LogP contribution in [-0.4, -0.2) is 36.5 Å². The van der Waals surface area contributed by atoms with Crippen LogP contribution < -0.4 is 11.1 Å². The first-order valence-corrected chi connectivity index (χ1v) is 7.57. The van der Waals surface area contributed by atoms with Crippen molar-refractivity contribution in [3.05, 3.63) is 29.3 Å². The standard InChI is InChI=1S/C15H22ClN3O/c16-12-4-6-13(7-5-12)18-14(11-17)10-15(20)19-8-2-1-3-9-19/h4-7,14,18H,1-3,8-11,17H2. The topological polar surface area (TPSA) is 58.4 Å². The Bertz CT molecular complexity index is 429. The number of halogens is 1. The van der Waals surface area contributed by atoms with Crippen LogP contribution in [0.4, 0.5) is 5.69 Å². The molecule has 1 aliphatic heterocycles. The Balaban J connectivity index is 1.87. The van der Waals surface area contributed by atoms with Crippen molar-refractivity contribution < 1.29 is 4.79 Å². The van der Waals surface area contributed by atoms with E-state index >= 15 is 0 Å². The van der Waals surface area contributed by atoms with Gasteiger partial charge in [0.05, 0.1) is 0 Å². The number of anilines is 1. The summed E-state index contributed by atoms with van der Waals surface area (Å²) >= 11 is 5.85. The Morgan fingerprint density at radius 2 is 1.90 bits per heavy atom. The van der Waals surface area contributed by atoms with E-state index in [1.54, 1.807) is 0 Å². The molecule has 1 atom stereocenters. The number of piperidine rings is 1. The maximum atomic E-state index is 12.2. The summed E-state index contributed by atoms with van der Waals surface area (Å²) in [7, 11) is 0. The highest BCUT2D eigenvalue weighted by Gasteiger charge is 2.20. The fraction of sp³-hybridized carbons (Fsp3) is 0.533. The van der Waals surface area contributed by atoms with Crippen molar-refractivity contribution in [2.45, 2.75) is 31.7 Å². The van der Waals surface area contributed by atoms with Gasteiger partial charge in [-0.3, -0.25) is 4.79 Å². The van der Waals surface area contributed by atoms with E-state index in [2.05, 4.69) is 5.32 Å². The molecule has 1 saturated heterocycles. The SMILES string of the molecule is NCC(CC(=O)N1CCCCC1)Nc1ccc(Cl)cc1. The van der Waals surface area contributed by atoms with Gasteiger partial charge in [-0.2, -0.15) is 0 Å². The number of benzene rings is 1. The molecule has 1 heterocycles. The quantitative estimate of drug-likeness (QED) is 0.877. The molecule has 5 heteroatoms. The minimum Gasteiger partial charge on any atom is -0.381 e. The van der Waals surface area contributed by atoms with Gasteiger partial charge in [0.2, 0.25) is 5.91 Å². The summed E-state index contributed by atoms with van der Waals surface area (Å²) in [5, 5.41) is 3.99. The Morgan fingerprint density at radius 3 is 2.50 bits per heavy atom. The molecule has 0 aromatic heterocycles. The van der Waals surface area contributed by atoms with Crippen molar-refractivity contribution in [3.8, 4) is 0 Å². The van der Waals surface area contributed by atoms with Crippen LogP contribution in [0.15, 0.2) is 24.3 Å². The van der Waals surface area contributed by atoms with Gasteiger partial charge in [0.15, 0.2) is 0 Å². The summed E-state index contributed by atoms with van der Waals surface area (Å²) < 4.78 is 0. The minimum atomic E-state index is -0.0365. The van der Waals surface area contributed by atoms with E-state index in [0.29, 0.717) is 18.0 Å². The van der Waals surface area contributed by atoms with Gasteiger partial charge >= 0.3 is 0 Å². The van der Waals surface area contributed by atoms with Gasteiger partial charge in [0, 0.05) is 42.8 Å². The van der Waals surface area contributed by atoms with E-state index in [1.807, 2.05) is 29.2 Å². The Hall–Kier alpha value is -1.26. The lowest BCUT2D eigenvalue weighted by Crippen LogP contribution is -2.40. The summed E-state index contributed by atoms with van der Waals surface area (Å²) in [6.45, 7) is 2.20. The van der Waals surface area contributed by atoms with Crippen LogP contribution in [0.1, 0.15) is 25.7 Å². The van der Waals surface area contributed by atoms with Gasteiger partial charge in [-0.05, 0) is 43.5 Å². The lowest BCUT2D eigenvalue weighted by atomic mass is 10.1. The first-order chi connectivity index (χ1) is 9.69. The molecule has 1 aromatic carbocycles. The molecule has 0 radical (unpaired) electrons. The molecule has 1 aliphatic rings. The van der Waals surface area contributed by atoms with Crippen LogP contribution in [0.5, 0.6) is 0 Å². The van der Waals surface area contributed by atoms with Crippen molar-refractivity contribution in [2.75, 3.05) is 25.0 Å². The number of carbonyl (C=O) groups is 1. The number of hydrogen-bond donors (Lipinski definition) is 2. The van der Waals surface area contributed by atoms with E-state index in [0.717, 1.165) is 31.6 Å². The monoisotopic (exact) mass is 295 g/mol. The minimum absolute atomic E-state index is 0.0365. The predicted molar refractivity (Wildman–Crippen MR) is 83.0 cm³/mol. The summed E-state index contributed by atoms with van der Waals surface area (Å²) in [5.41, 5.74) is 6.71. The molecule has 20 heavy (non-hydrogen) atoms. The molecule has 1 unspecified atom stereocenters. The second-order valence-electron chi connectivity index (χ2n) is 5.23.